The fraction of sp³-hybridized carbons (Fsp3) is 0.220. The zero-order valence-corrected chi connectivity index (χ0v) is 82.8. The first-order valence-corrected chi connectivity index (χ1v) is 45.6. The zero-order chi connectivity index (χ0) is 101. The molecule has 0 saturated carbocycles. The number of hydrogen-bond acceptors (Lipinski definition) is 26. The van der Waals surface area contributed by atoms with Gasteiger partial charge >= 0.3 is 6.15 Å². The van der Waals surface area contributed by atoms with E-state index in [1.165, 1.54) is 74.6 Å². The molecule has 30 heteroatoms. The Kier molecular flexibility index (Phi) is 42.9. The minimum Gasteiger partial charge on any atom is -0.508 e. The number of phenols is 1. The number of aromatic amines is 4. The first-order chi connectivity index (χ1) is 66.5. The summed E-state index contributed by atoms with van der Waals surface area (Å²) in [5, 5.41) is 64.5. The summed E-state index contributed by atoms with van der Waals surface area (Å²) in [5.41, 5.74) is 43.9. The summed E-state index contributed by atoms with van der Waals surface area (Å²) in [4.78, 5) is 67.9. The second-order valence-corrected chi connectivity index (χ2v) is 34.2. The van der Waals surface area contributed by atoms with E-state index in [2.05, 4.69) is 293 Å². The summed E-state index contributed by atoms with van der Waals surface area (Å²) in [6, 6.07) is 61.1. The quantitative estimate of drug-likeness (QED) is 0.0298. The molecule has 139 heavy (non-hydrogen) atoms. The van der Waals surface area contributed by atoms with Crippen LogP contribution in [-0.2, 0) is 16.2 Å². The van der Waals surface area contributed by atoms with Gasteiger partial charge in [-0.3, -0.25) is 40.9 Å². The number of nitrogens with zero attached hydrogens (tertiary/aromatic N) is 11. The number of hydrogen-bond donors (Lipinski definition) is 11. The molecular weight excluding hydrogens is 1770 g/mol. The Balaban J connectivity index is 0.000000194. The molecule has 0 spiro atoms. The minimum atomic E-state index is -0.215. The third-order valence-corrected chi connectivity index (χ3v) is 22.9. The van der Waals surface area contributed by atoms with Crippen molar-refractivity contribution in [3.8, 4) is 56.5 Å². The molecule has 29 nitrogen and oxygen atoms in total. The number of aromatic nitrogens is 8. The number of nitrogens with one attached hydrogen (secondary N) is 9. The molecule has 8 heterocycles. The normalized spacial score (nSPS) is 12.3. The maximum absolute atomic E-state index is 11.0. The lowest BCUT2D eigenvalue weighted by Crippen LogP contribution is -2.28. The van der Waals surface area contributed by atoms with E-state index < -0.39 is 0 Å². The molecule has 0 bridgehead atoms. The van der Waals surface area contributed by atoms with Crippen molar-refractivity contribution >= 4 is 52.1 Å². The lowest BCUT2D eigenvalue weighted by Gasteiger charge is -2.24. The lowest BCUT2D eigenvalue weighted by atomic mass is 10.0. The molecule has 8 aromatic carbocycles. The van der Waals surface area contributed by atoms with Crippen molar-refractivity contribution < 1.29 is 24.5 Å². The molecule has 0 unspecified atom stereocenters. The van der Waals surface area contributed by atoms with Gasteiger partial charge in [-0.05, 0) is 335 Å². The second kappa shape index (κ2) is 55.0. The number of benzene rings is 8. The van der Waals surface area contributed by atoms with Crippen LogP contribution in [0.15, 0.2) is 336 Å². The van der Waals surface area contributed by atoms with Crippen LogP contribution in [0.4, 0.5) is 11.4 Å². The number of anilines is 2. The standard InChI is InChI=1S/C17H24N4.C15H20N4O.C14H16N2OS.2C13H14N2.2C12H12N2O2.C12H12N2O.CO2/c1-13-12-15(16-8-6-14(2)18-19-16)7-9-17(13)21(5)11-10-20(3)4;1-11-10-12(14-6-7-15(20)18-17-14)4-5-13(11)16-8-9-19(2)3;1-3-8-18-13-6-4-11(9-10(13)2)12-5-7-14(17)16-15-12;2*1-9-4-6-12(8-10(9)2)13-7-5-11(3)14-15-13;1-8-7-9(3-5-11(8)16-2)10-4-6-12(15)14-13-10;1-8-6-9(2-3-10(8)7-15)11-4-5-12(16)14-13-11;1-8-7-10(4-6-12(8)15)11-5-3-9(2)13-14-11;2-1-3/h6-9,12,18H,2,10-11H2,1,3-5H3;4-7,10,16H,8-9H2,1-3H3,(H,18,20);4-7,9H,3,8H2,1-2H3,(H,16,17);2*4-8,14H,3H2,1-2H3;3-7H,1-2H3,(H,14,15);2-6,15H,7H2,1H3,(H,14,16);3-7,13,15H,2H2,1H3;. The molecule has 0 radical (unpaired) electrons. The molecule has 11 N–H and O–H groups in total. The molecule has 12 aromatic rings. The number of hydrazone groups is 4. The summed E-state index contributed by atoms with van der Waals surface area (Å²) in [6.07, 6.45) is 16.9. The van der Waals surface area contributed by atoms with E-state index in [1.54, 1.807) is 37.4 Å². The van der Waals surface area contributed by atoms with E-state index in [4.69, 9.17) is 19.4 Å². The largest absolute Gasteiger partial charge is 0.508 e. The van der Waals surface area contributed by atoms with Gasteiger partial charge in [0.1, 0.15) is 11.5 Å². The summed E-state index contributed by atoms with van der Waals surface area (Å²) >= 11 is 1.88. The highest BCUT2D eigenvalue weighted by Gasteiger charge is 2.15. The maximum Gasteiger partial charge on any atom is 0.373 e. The Morgan fingerprint density at radius 3 is 1.06 bits per heavy atom. The number of likely N-dealkylation sites (N-methyl/N-ethyl adjacent to an activating group) is 3. The monoisotopic (exact) mass is 1890 g/mol. The smallest absolute Gasteiger partial charge is 0.373 e. The number of aliphatic hydroxyl groups excluding tert-OH is 1. The summed E-state index contributed by atoms with van der Waals surface area (Å²) in [7, 11) is 12.1. The van der Waals surface area contributed by atoms with Gasteiger partial charge in [-0.2, -0.15) is 50.4 Å². The Bertz CT molecular complexity index is 6470. The van der Waals surface area contributed by atoms with Crippen LogP contribution in [0.2, 0.25) is 0 Å². The number of allylic oxidation sites excluding steroid dienone is 8. The van der Waals surface area contributed by atoms with Crippen molar-refractivity contribution in [3.63, 3.8) is 0 Å². The summed E-state index contributed by atoms with van der Waals surface area (Å²) in [6.45, 7) is 41.7. The van der Waals surface area contributed by atoms with Crippen LogP contribution in [-0.4, -0.2) is 164 Å². The van der Waals surface area contributed by atoms with Crippen LogP contribution in [0, 0.1) is 69.2 Å². The SMILES string of the molecule is C=C1C=CC(c2ccc(C)c(C)c2)=NN1.C=C1C=CC(c2ccc(C)c(C)c2)=NN1.C=C1C=CC(c2ccc(N(C)CCN(C)C)c(C)c2)=NN1.C=C1C=CC(c2ccc(O)c(C)c2)=NN1.CCCSc1ccc(-c2ccc(=O)[nH]n2)cc1C.COc1ccc(-c2ccc(=O)[nH]n2)cc1C.Cc1cc(-c2ccc(=O)[nH]n2)ccc1CO.Cc1cc(-c2ccc(=O)[nH]n2)ccc1NCCN(C)C.O=C=O. The molecule has 4 aliphatic rings. The van der Waals surface area contributed by atoms with Gasteiger partial charge in [0.2, 0.25) is 0 Å². The van der Waals surface area contributed by atoms with Crippen LogP contribution in [0.3, 0.4) is 0 Å². The van der Waals surface area contributed by atoms with Crippen molar-refractivity contribution in [2.45, 2.75) is 94.1 Å². The Hall–Kier alpha value is -16.1. The highest BCUT2D eigenvalue weighted by atomic mass is 32.2. The average molecular weight is 1890 g/mol. The van der Waals surface area contributed by atoms with Gasteiger partial charge in [0, 0.05) is 141 Å². The fourth-order valence-electron chi connectivity index (χ4n) is 13.2. The Labute approximate surface area is 816 Å². The predicted molar refractivity (Wildman–Crippen MR) is 565 cm³/mol. The van der Waals surface area contributed by atoms with E-state index in [1.807, 2.05) is 148 Å². The molecule has 4 aliphatic heterocycles. The topological polar surface area (TPSA) is 386 Å². The number of thioether (sulfide) groups is 1. The van der Waals surface area contributed by atoms with E-state index in [9.17, 15) is 24.3 Å². The number of aliphatic hydroxyl groups is 1. The van der Waals surface area contributed by atoms with Gasteiger partial charge in [-0.1, -0.05) is 87.8 Å². The van der Waals surface area contributed by atoms with E-state index in [0.29, 0.717) is 11.4 Å². The highest BCUT2D eigenvalue weighted by molar-refractivity contribution is 7.99. The number of rotatable bonds is 21. The zero-order valence-electron chi connectivity index (χ0n) is 82.0. The number of aromatic hydroxyl groups is 1. The Morgan fingerprint density at radius 2 is 0.734 bits per heavy atom. The number of ether oxygens (including phenoxy) is 1. The lowest BCUT2D eigenvalue weighted by molar-refractivity contribution is -0.191. The van der Waals surface area contributed by atoms with Crippen molar-refractivity contribution in [3.05, 3.63) is 417 Å². The van der Waals surface area contributed by atoms with Crippen molar-refractivity contribution in [2.75, 3.05) is 84.5 Å². The minimum absolute atomic E-state index is 0.0329. The van der Waals surface area contributed by atoms with Gasteiger partial charge in [-0.25, -0.2) is 20.4 Å². The molecule has 720 valence electrons. The molecule has 0 amide bonds. The molecular formula is C109H124N20O9S. The maximum atomic E-state index is 11.0. The second-order valence-electron chi connectivity index (χ2n) is 33.1. The number of carbonyl (C=O) groups excluding carboxylic acids is 2. The molecule has 0 aliphatic carbocycles. The van der Waals surface area contributed by atoms with Crippen LogP contribution >= 0.6 is 11.8 Å². The van der Waals surface area contributed by atoms with E-state index in [0.717, 1.165) is 178 Å². The molecule has 0 fully saturated rings. The Morgan fingerprint density at radius 1 is 0.381 bits per heavy atom. The van der Waals surface area contributed by atoms with Crippen LogP contribution in [0.1, 0.15) is 96.8 Å². The number of aryl methyl sites for hydroxylation is 10. The van der Waals surface area contributed by atoms with Crippen LogP contribution in [0.25, 0.3) is 45.0 Å². The van der Waals surface area contributed by atoms with Crippen LogP contribution in [0.5, 0.6) is 11.5 Å². The van der Waals surface area contributed by atoms with Crippen molar-refractivity contribution in [1.82, 2.24) is 72.3 Å². The fourth-order valence-corrected chi connectivity index (χ4v) is 14.1. The van der Waals surface area contributed by atoms with Crippen molar-refractivity contribution in [2.24, 2.45) is 20.4 Å². The van der Waals surface area contributed by atoms with Gasteiger partial charge in [0.15, 0.2) is 0 Å². The average Bonchev–Trinajstić information content (AvgIpc) is 0.834. The first-order valence-electron chi connectivity index (χ1n) is 44.6. The number of H-pyrrole nitrogens is 4. The van der Waals surface area contributed by atoms with E-state index >= 15 is 0 Å². The number of phenolic OH excluding ortho intramolecular Hbond substituents is 1. The first kappa shape index (κ1) is 108. The van der Waals surface area contributed by atoms with Crippen LogP contribution < -0.4 is 58.9 Å². The molecule has 4 aromatic heterocycles. The molecule has 0 atom stereocenters. The predicted octanol–water partition coefficient (Wildman–Crippen LogP) is 17.2. The van der Waals surface area contributed by atoms with Gasteiger partial charge in [0.05, 0.1) is 59.3 Å². The van der Waals surface area contributed by atoms with Crippen molar-refractivity contribution in [1.29, 1.82) is 0 Å². The van der Waals surface area contributed by atoms with E-state index in [-0.39, 0.29) is 35.0 Å². The molecule has 16 rings (SSSR count). The third-order valence-electron chi connectivity index (χ3n) is 21.5. The number of methoxy groups -OCH3 is 1. The highest BCUT2D eigenvalue weighted by Crippen LogP contribution is 2.30. The third kappa shape index (κ3) is 35.3. The van der Waals surface area contributed by atoms with Gasteiger partial charge in [0.25, 0.3) is 22.2 Å². The van der Waals surface area contributed by atoms with Gasteiger partial charge in [-0.15, -0.1) is 11.8 Å². The molecule has 0 saturated heterocycles. The summed E-state index contributed by atoms with van der Waals surface area (Å²) in [5.74, 6) is 2.28. The summed E-state index contributed by atoms with van der Waals surface area (Å²) < 4.78 is 5.18. The van der Waals surface area contributed by atoms with Gasteiger partial charge < -0.3 is 35.0 Å².